The topological polar surface area (TPSA) is 30.5 Å². The van der Waals surface area contributed by atoms with Crippen LogP contribution in [0.5, 0.6) is 11.5 Å². The maximum absolute atomic E-state index is 5.86. The quantitative estimate of drug-likeness (QED) is 0.583. The molecule has 0 aliphatic carbocycles. The van der Waals surface area contributed by atoms with Crippen molar-refractivity contribution in [2.75, 3.05) is 20.3 Å². The van der Waals surface area contributed by atoms with Crippen LogP contribution in [0, 0.1) is 3.57 Å². The lowest BCUT2D eigenvalue weighted by atomic mass is 10.2. The standard InChI is InChI=1S/C16H18INO2/c1-19-11-10-18-12-13-6-8-14(9-7-13)20-16-5-3-2-4-15(16)17/h2-9,18H,10-12H2,1H3. The number of halogens is 1. The number of benzene rings is 2. The van der Waals surface area contributed by atoms with Gasteiger partial charge in [-0.05, 0) is 52.4 Å². The van der Waals surface area contributed by atoms with Crippen LogP contribution in [0.3, 0.4) is 0 Å². The number of hydrogen-bond acceptors (Lipinski definition) is 3. The zero-order chi connectivity index (χ0) is 14.2. The molecule has 2 aromatic carbocycles. The minimum Gasteiger partial charge on any atom is -0.456 e. The van der Waals surface area contributed by atoms with Crippen molar-refractivity contribution in [2.45, 2.75) is 6.54 Å². The molecule has 1 N–H and O–H groups in total. The molecule has 0 saturated carbocycles. The molecule has 0 radical (unpaired) electrons. The minimum absolute atomic E-state index is 0.730. The first-order valence-corrected chi connectivity index (χ1v) is 7.58. The van der Waals surface area contributed by atoms with E-state index in [2.05, 4.69) is 40.0 Å². The molecule has 0 aliphatic heterocycles. The highest BCUT2D eigenvalue weighted by molar-refractivity contribution is 14.1. The molecule has 0 atom stereocenters. The van der Waals surface area contributed by atoms with Gasteiger partial charge in [0.15, 0.2) is 0 Å². The van der Waals surface area contributed by atoms with Crippen LogP contribution in [0.15, 0.2) is 48.5 Å². The second kappa shape index (κ2) is 8.24. The summed E-state index contributed by atoms with van der Waals surface area (Å²) >= 11 is 2.27. The molecular formula is C16H18INO2. The summed E-state index contributed by atoms with van der Waals surface area (Å²) in [6.07, 6.45) is 0. The summed E-state index contributed by atoms with van der Waals surface area (Å²) in [6.45, 7) is 2.43. The van der Waals surface area contributed by atoms with E-state index in [1.807, 2.05) is 36.4 Å². The molecule has 0 bridgehead atoms. The highest BCUT2D eigenvalue weighted by Crippen LogP contribution is 2.26. The van der Waals surface area contributed by atoms with Gasteiger partial charge in [0.25, 0.3) is 0 Å². The lowest BCUT2D eigenvalue weighted by molar-refractivity contribution is 0.199. The molecule has 0 fully saturated rings. The van der Waals surface area contributed by atoms with Crippen LogP contribution >= 0.6 is 22.6 Å². The highest BCUT2D eigenvalue weighted by atomic mass is 127. The van der Waals surface area contributed by atoms with Gasteiger partial charge in [-0.3, -0.25) is 0 Å². The van der Waals surface area contributed by atoms with Gasteiger partial charge >= 0.3 is 0 Å². The molecule has 20 heavy (non-hydrogen) atoms. The van der Waals surface area contributed by atoms with E-state index in [1.54, 1.807) is 7.11 Å². The normalized spacial score (nSPS) is 10.5. The molecule has 0 unspecified atom stereocenters. The van der Waals surface area contributed by atoms with Gasteiger partial charge < -0.3 is 14.8 Å². The Morgan fingerprint density at radius 2 is 1.80 bits per heavy atom. The predicted octanol–water partition coefficient (Wildman–Crippen LogP) is 3.82. The number of methoxy groups -OCH3 is 1. The van der Waals surface area contributed by atoms with E-state index < -0.39 is 0 Å². The van der Waals surface area contributed by atoms with Gasteiger partial charge in [0.05, 0.1) is 10.2 Å². The van der Waals surface area contributed by atoms with E-state index in [9.17, 15) is 0 Å². The van der Waals surface area contributed by atoms with E-state index >= 15 is 0 Å². The SMILES string of the molecule is COCCNCc1ccc(Oc2ccccc2I)cc1. The van der Waals surface area contributed by atoms with Gasteiger partial charge in [-0.25, -0.2) is 0 Å². The van der Waals surface area contributed by atoms with E-state index in [1.165, 1.54) is 5.56 Å². The Morgan fingerprint density at radius 3 is 2.50 bits per heavy atom. The first-order valence-electron chi connectivity index (χ1n) is 6.50. The molecule has 0 spiro atoms. The Labute approximate surface area is 133 Å². The van der Waals surface area contributed by atoms with Gasteiger partial charge in [0.1, 0.15) is 11.5 Å². The van der Waals surface area contributed by atoms with Gasteiger partial charge in [-0.15, -0.1) is 0 Å². The van der Waals surface area contributed by atoms with Crippen LogP contribution < -0.4 is 10.1 Å². The molecule has 0 amide bonds. The number of ether oxygens (including phenoxy) is 2. The van der Waals surface area contributed by atoms with Crippen molar-refractivity contribution in [3.05, 3.63) is 57.7 Å². The van der Waals surface area contributed by atoms with Crippen molar-refractivity contribution in [1.29, 1.82) is 0 Å². The van der Waals surface area contributed by atoms with Gasteiger partial charge in [0.2, 0.25) is 0 Å². The smallest absolute Gasteiger partial charge is 0.140 e. The zero-order valence-electron chi connectivity index (χ0n) is 11.4. The van der Waals surface area contributed by atoms with Gasteiger partial charge in [-0.2, -0.15) is 0 Å². The van der Waals surface area contributed by atoms with Crippen LogP contribution in [0.25, 0.3) is 0 Å². The monoisotopic (exact) mass is 383 g/mol. The van der Waals surface area contributed by atoms with Crippen molar-refractivity contribution in [3.8, 4) is 11.5 Å². The first kappa shape index (κ1) is 15.3. The van der Waals surface area contributed by atoms with Crippen LogP contribution in [0.2, 0.25) is 0 Å². The summed E-state index contributed by atoms with van der Waals surface area (Å²) in [4.78, 5) is 0. The largest absolute Gasteiger partial charge is 0.456 e. The van der Waals surface area contributed by atoms with E-state index in [0.29, 0.717) is 0 Å². The highest BCUT2D eigenvalue weighted by Gasteiger charge is 2.01. The lowest BCUT2D eigenvalue weighted by Gasteiger charge is -2.09. The number of rotatable bonds is 7. The summed E-state index contributed by atoms with van der Waals surface area (Å²) in [5.41, 5.74) is 1.23. The van der Waals surface area contributed by atoms with Crippen LogP contribution in [-0.2, 0) is 11.3 Å². The van der Waals surface area contributed by atoms with Crippen LogP contribution in [-0.4, -0.2) is 20.3 Å². The third-order valence-corrected chi connectivity index (χ3v) is 3.69. The summed E-state index contributed by atoms with van der Waals surface area (Å²) in [6, 6.07) is 16.1. The average molecular weight is 383 g/mol. The van der Waals surface area contributed by atoms with E-state index in [0.717, 1.165) is 34.8 Å². The summed E-state index contributed by atoms with van der Waals surface area (Å²) in [7, 11) is 1.71. The number of para-hydroxylation sites is 1. The molecule has 0 aliphatic rings. The number of nitrogens with one attached hydrogen (secondary N) is 1. The molecule has 0 heterocycles. The summed E-state index contributed by atoms with van der Waals surface area (Å²) < 4.78 is 12.0. The van der Waals surface area contributed by atoms with Crippen LogP contribution in [0.4, 0.5) is 0 Å². The molecular weight excluding hydrogens is 365 g/mol. The molecule has 0 aromatic heterocycles. The Kier molecular flexibility index (Phi) is 6.29. The van der Waals surface area contributed by atoms with Crippen LogP contribution in [0.1, 0.15) is 5.56 Å². The average Bonchev–Trinajstić information content (AvgIpc) is 2.48. The number of hydrogen-bond donors (Lipinski definition) is 1. The van der Waals surface area contributed by atoms with E-state index in [4.69, 9.17) is 9.47 Å². The van der Waals surface area contributed by atoms with Gasteiger partial charge in [0, 0.05) is 20.2 Å². The minimum atomic E-state index is 0.730. The fourth-order valence-corrected chi connectivity index (χ4v) is 2.23. The molecule has 106 valence electrons. The first-order chi connectivity index (χ1) is 9.79. The fourth-order valence-electron chi connectivity index (χ4n) is 1.74. The zero-order valence-corrected chi connectivity index (χ0v) is 13.6. The lowest BCUT2D eigenvalue weighted by Crippen LogP contribution is -2.18. The second-order valence-corrected chi connectivity index (χ2v) is 5.51. The Bertz CT molecular complexity index is 528. The Balaban J connectivity index is 1.90. The molecule has 3 nitrogen and oxygen atoms in total. The summed E-state index contributed by atoms with van der Waals surface area (Å²) in [5, 5.41) is 3.31. The third-order valence-electron chi connectivity index (χ3n) is 2.80. The Hall–Kier alpha value is -1.11. The second-order valence-electron chi connectivity index (χ2n) is 4.35. The van der Waals surface area contributed by atoms with Gasteiger partial charge in [-0.1, -0.05) is 24.3 Å². The van der Waals surface area contributed by atoms with Crippen molar-refractivity contribution < 1.29 is 9.47 Å². The molecule has 2 aromatic rings. The molecule has 4 heteroatoms. The Morgan fingerprint density at radius 1 is 1.05 bits per heavy atom. The van der Waals surface area contributed by atoms with Crippen molar-refractivity contribution in [2.24, 2.45) is 0 Å². The van der Waals surface area contributed by atoms with E-state index in [-0.39, 0.29) is 0 Å². The summed E-state index contributed by atoms with van der Waals surface area (Å²) in [5.74, 6) is 1.74. The molecule has 2 rings (SSSR count). The predicted molar refractivity (Wildman–Crippen MR) is 89.3 cm³/mol. The van der Waals surface area contributed by atoms with Crippen molar-refractivity contribution in [3.63, 3.8) is 0 Å². The van der Waals surface area contributed by atoms with Crippen molar-refractivity contribution in [1.82, 2.24) is 5.32 Å². The maximum Gasteiger partial charge on any atom is 0.140 e. The third kappa shape index (κ3) is 4.77. The maximum atomic E-state index is 5.86. The fraction of sp³-hybridized carbons (Fsp3) is 0.250. The molecule has 0 saturated heterocycles. The van der Waals surface area contributed by atoms with Crippen molar-refractivity contribution >= 4 is 22.6 Å².